The van der Waals surface area contributed by atoms with E-state index in [1.54, 1.807) is 0 Å². The molecule has 0 saturated heterocycles. The first kappa shape index (κ1) is 60.4. The van der Waals surface area contributed by atoms with Crippen LogP contribution < -0.4 is 26.4 Å². The first-order valence-corrected chi connectivity index (χ1v) is 23.9. The summed E-state index contributed by atoms with van der Waals surface area (Å²) in [5, 5.41) is 0. The van der Waals surface area contributed by atoms with Crippen molar-refractivity contribution >= 4 is 34.1 Å². The van der Waals surface area contributed by atoms with Gasteiger partial charge in [-0.15, -0.1) is 21.9 Å². The number of nitrogens with zero attached hydrogens (tertiary/aromatic N) is 2. The van der Waals surface area contributed by atoms with Crippen molar-refractivity contribution in [1.82, 2.24) is 4.98 Å². The van der Waals surface area contributed by atoms with E-state index in [0.29, 0.717) is 0 Å². The maximum Gasteiger partial charge on any atom is 0.223 e. The van der Waals surface area contributed by atoms with Gasteiger partial charge in [-0.25, -0.2) is 87.8 Å². The minimum atomic E-state index is -7.22. The lowest BCUT2D eigenvalue weighted by Gasteiger charge is -2.44. The predicted octanol–water partition coefficient (Wildman–Crippen LogP) is 14.1. The molecule has 6 rings (SSSR count). The lowest BCUT2D eigenvalue weighted by molar-refractivity contribution is -0.690. The van der Waals surface area contributed by atoms with Gasteiger partial charge in [0.1, 0.15) is 52.7 Å². The van der Waals surface area contributed by atoms with Gasteiger partial charge >= 0.3 is 0 Å². The van der Waals surface area contributed by atoms with Gasteiger partial charge in [-0.1, -0.05) is 127 Å². The van der Waals surface area contributed by atoms with Crippen LogP contribution in [-0.2, 0) is 6.54 Å². The smallest absolute Gasteiger partial charge is 0.223 e. The number of rotatable bonds is 22. The van der Waals surface area contributed by atoms with Crippen LogP contribution in [0.15, 0.2) is 55.0 Å². The van der Waals surface area contributed by atoms with Crippen molar-refractivity contribution in [3.05, 3.63) is 183 Å². The largest absolute Gasteiger partial charge is 0.252 e. The van der Waals surface area contributed by atoms with E-state index in [-0.39, 0.29) is 0 Å². The van der Waals surface area contributed by atoms with Gasteiger partial charge in [0.2, 0.25) is 5.69 Å². The molecule has 0 aliphatic heterocycles. The van der Waals surface area contributed by atoms with Gasteiger partial charge in [-0.2, -0.15) is 4.57 Å². The summed E-state index contributed by atoms with van der Waals surface area (Å²) in [4.78, 5) is 4.31. The molecular formula is C53H45BF20N2. The monoisotopic (exact) mass is 1100 g/mol. The van der Waals surface area contributed by atoms with Crippen molar-refractivity contribution in [1.29, 1.82) is 0 Å². The molecule has 0 amide bonds. The molecule has 2 nitrogen and oxygen atoms in total. The molecule has 0 aliphatic carbocycles. The number of benzene rings is 5. The maximum atomic E-state index is 15.4. The number of hydrogen-bond donors (Lipinski definition) is 0. The maximum absolute atomic E-state index is 15.4. The molecule has 0 spiro atoms. The Morgan fingerprint density at radius 2 is 0.671 bits per heavy atom. The molecule has 0 aliphatic rings. The van der Waals surface area contributed by atoms with E-state index in [1.807, 2.05) is 12.4 Å². The number of aromatic nitrogens is 2. The Morgan fingerprint density at radius 3 is 0.987 bits per heavy atom. The number of allylic oxidation sites excluding steroid dienone is 1. The van der Waals surface area contributed by atoms with Crippen molar-refractivity contribution in [3.8, 4) is 0 Å². The average Bonchev–Trinajstić information content (AvgIpc) is 3.41. The molecule has 1 heterocycles. The third-order valence-corrected chi connectivity index (χ3v) is 12.8. The van der Waals surface area contributed by atoms with Crippen LogP contribution in [0.4, 0.5) is 87.8 Å². The minimum absolute atomic E-state index is 0.891. The lowest BCUT2D eigenvalue weighted by atomic mass is 9.12. The summed E-state index contributed by atoms with van der Waals surface area (Å²) >= 11 is 0. The van der Waals surface area contributed by atoms with Crippen LogP contribution in [0.3, 0.4) is 0 Å². The number of unbranched alkanes of at least 4 members (excludes halogenated alkanes) is 14. The Hall–Kier alpha value is -6.42. The molecule has 23 heteroatoms. The Morgan fingerprint density at radius 1 is 0.382 bits per heavy atom. The van der Waals surface area contributed by atoms with Gasteiger partial charge < -0.3 is 0 Å². The van der Waals surface area contributed by atoms with Gasteiger partial charge in [-0.05, 0) is 12.8 Å². The Kier molecular flexibility index (Phi) is 21.5. The standard InChI is InChI=1S/C29H45N2.C24BF20/c1-2-3-4-5-6-7-8-9-10-11-12-13-14-15-16-20-23-29-26-30-24-25-31(29)27-28-21-18-17-19-22-28;26-5-1(6(27)14(35)21(42)13(5)34)25(2-7(28)15(36)22(43)16(37)8(2)29,3-9(30)17(38)23(44)18(39)10(3)31)4-11(32)19(40)24(45)20(41)12(4)33/h17-26H,2-16,27H2,1H3;/q+1;-1. The topological polar surface area (TPSA) is 16.8 Å². The fourth-order valence-corrected chi connectivity index (χ4v) is 9.00. The predicted molar refractivity (Wildman–Crippen MR) is 243 cm³/mol. The zero-order valence-electron chi connectivity index (χ0n) is 40.1. The normalized spacial score (nSPS) is 11.8. The van der Waals surface area contributed by atoms with E-state index >= 15 is 35.1 Å². The second kappa shape index (κ2) is 27.1. The average molecular weight is 1100 g/mol. The summed E-state index contributed by atoms with van der Waals surface area (Å²) in [6.45, 7) is 3.18. The summed E-state index contributed by atoms with van der Waals surface area (Å²) < 4.78 is 296. The molecule has 0 atom stereocenters. The zero-order valence-corrected chi connectivity index (χ0v) is 40.1. The van der Waals surface area contributed by atoms with Crippen LogP contribution in [0, 0.1) is 116 Å². The van der Waals surface area contributed by atoms with Crippen molar-refractivity contribution in [2.24, 2.45) is 0 Å². The highest BCUT2D eigenvalue weighted by Crippen LogP contribution is 2.31. The summed E-state index contributed by atoms with van der Waals surface area (Å²) in [5.74, 6) is -71.4. The molecule has 0 fully saturated rings. The lowest BCUT2D eigenvalue weighted by Crippen LogP contribution is -2.81. The van der Waals surface area contributed by atoms with Crippen LogP contribution in [0.5, 0.6) is 0 Å². The minimum Gasteiger partial charge on any atom is -0.252 e. The first-order valence-electron chi connectivity index (χ1n) is 23.9. The molecule has 0 bridgehead atoms. The number of hydrogen-bond acceptors (Lipinski definition) is 1. The van der Waals surface area contributed by atoms with E-state index in [2.05, 4.69) is 65.2 Å². The molecule has 0 radical (unpaired) electrons. The quantitative estimate of drug-likeness (QED) is 0.0165. The first-order chi connectivity index (χ1) is 36.1. The van der Waals surface area contributed by atoms with Crippen LogP contribution in [0.1, 0.15) is 114 Å². The van der Waals surface area contributed by atoms with Gasteiger partial charge in [0.15, 0.2) is 82.5 Å². The Bertz CT molecular complexity index is 2640. The van der Waals surface area contributed by atoms with Crippen LogP contribution in [0.2, 0.25) is 0 Å². The van der Waals surface area contributed by atoms with E-state index in [4.69, 9.17) is 0 Å². The molecular weight excluding hydrogens is 1060 g/mol. The zero-order chi connectivity index (χ0) is 56.2. The van der Waals surface area contributed by atoms with Crippen molar-refractivity contribution < 1.29 is 92.4 Å². The van der Waals surface area contributed by atoms with Gasteiger partial charge in [-0.3, -0.25) is 4.98 Å². The molecule has 76 heavy (non-hydrogen) atoms. The summed E-state index contributed by atoms with van der Waals surface area (Å²) in [5.41, 5.74) is -11.8. The van der Waals surface area contributed by atoms with E-state index in [0.717, 1.165) is 13.0 Å². The summed E-state index contributed by atoms with van der Waals surface area (Å²) in [6.07, 6.45) is 24.2. The SMILES string of the molecule is CCCCCCCCCCCCCCCCC=Cc1cncc[n+]1Cc1ccccc1.Fc1c(F)c(F)c([B-](c2c(F)c(F)c(F)c(F)c2F)(c2c(F)c(F)c(F)c(F)c2F)c2c(F)c(F)c(F)c(F)c2F)c(F)c1F. The van der Waals surface area contributed by atoms with E-state index in [1.165, 1.54) is 101 Å². The van der Waals surface area contributed by atoms with Crippen LogP contribution in [0.25, 0.3) is 6.08 Å². The van der Waals surface area contributed by atoms with Gasteiger partial charge in [0.05, 0.1) is 12.4 Å². The van der Waals surface area contributed by atoms with E-state index in [9.17, 15) is 52.7 Å². The van der Waals surface area contributed by atoms with Crippen LogP contribution in [-0.4, -0.2) is 11.1 Å². The Labute approximate surface area is 423 Å². The highest BCUT2D eigenvalue weighted by atomic mass is 19.2. The molecule has 0 saturated carbocycles. The van der Waals surface area contributed by atoms with Gasteiger partial charge in [0, 0.05) is 11.6 Å². The second-order valence-electron chi connectivity index (χ2n) is 17.7. The van der Waals surface area contributed by atoms with Crippen molar-refractivity contribution in [2.45, 2.75) is 110 Å². The third-order valence-electron chi connectivity index (χ3n) is 12.8. The third kappa shape index (κ3) is 12.5. The van der Waals surface area contributed by atoms with Crippen molar-refractivity contribution in [2.75, 3.05) is 0 Å². The van der Waals surface area contributed by atoms with Crippen molar-refractivity contribution in [3.63, 3.8) is 0 Å². The van der Waals surface area contributed by atoms with E-state index < -0.39 is 144 Å². The number of halogens is 20. The molecule has 410 valence electrons. The Balaban J connectivity index is 0.000000301. The fourth-order valence-electron chi connectivity index (χ4n) is 9.00. The molecule has 1 aromatic heterocycles. The molecule has 0 unspecified atom stereocenters. The summed E-state index contributed by atoms with van der Waals surface area (Å²) in [7, 11) is 0. The summed E-state index contributed by atoms with van der Waals surface area (Å²) in [6, 6.07) is 10.6. The fraction of sp³-hybridized carbons (Fsp3) is 0.321. The molecule has 0 N–H and O–H groups in total. The highest BCUT2D eigenvalue weighted by molar-refractivity contribution is 7.20. The second-order valence-corrected chi connectivity index (χ2v) is 17.7. The van der Waals surface area contributed by atoms with Crippen LogP contribution >= 0.6 is 0 Å². The van der Waals surface area contributed by atoms with Gasteiger partial charge in [0.25, 0.3) is 0 Å². The molecule has 6 aromatic rings. The highest BCUT2D eigenvalue weighted by Gasteiger charge is 2.52. The molecule has 5 aromatic carbocycles.